The molecule has 0 spiro atoms. The summed E-state index contributed by atoms with van der Waals surface area (Å²) < 4.78 is 7.46. The molecule has 0 amide bonds. The number of nitrogens with zero attached hydrogens (tertiary/aromatic N) is 3. The van der Waals surface area contributed by atoms with Crippen LogP contribution >= 0.6 is 0 Å². The summed E-state index contributed by atoms with van der Waals surface area (Å²) in [7, 11) is 3.71. The van der Waals surface area contributed by atoms with Crippen molar-refractivity contribution < 1.29 is 4.74 Å². The van der Waals surface area contributed by atoms with Gasteiger partial charge in [0.25, 0.3) is 0 Å². The molecule has 0 N–H and O–H groups in total. The second-order valence-corrected chi connectivity index (χ2v) is 6.35. The first kappa shape index (κ1) is 14.9. The van der Waals surface area contributed by atoms with Crippen LogP contribution in [-0.4, -0.2) is 29.7 Å². The van der Waals surface area contributed by atoms with E-state index in [4.69, 9.17) is 4.74 Å². The van der Waals surface area contributed by atoms with E-state index in [9.17, 15) is 5.26 Å². The van der Waals surface area contributed by atoms with Crippen LogP contribution in [0.25, 0.3) is 10.9 Å². The van der Waals surface area contributed by atoms with E-state index in [0.29, 0.717) is 5.92 Å². The Morgan fingerprint density at radius 3 is 2.91 bits per heavy atom. The normalized spacial score (nSPS) is 20.7. The first-order chi connectivity index (χ1) is 10.6. The van der Waals surface area contributed by atoms with E-state index in [1.54, 1.807) is 7.11 Å². The summed E-state index contributed by atoms with van der Waals surface area (Å²) >= 11 is 0. The zero-order valence-electron chi connectivity index (χ0n) is 13.5. The van der Waals surface area contributed by atoms with Crippen molar-refractivity contribution in [3.63, 3.8) is 0 Å². The number of fused-ring (bicyclic) bond motifs is 1. The summed E-state index contributed by atoms with van der Waals surface area (Å²) in [5.41, 5.74) is 2.23. The second kappa shape index (κ2) is 6.02. The third kappa shape index (κ3) is 2.57. The lowest BCUT2D eigenvalue weighted by Crippen LogP contribution is -2.36. The van der Waals surface area contributed by atoms with Gasteiger partial charge in [-0.15, -0.1) is 0 Å². The summed E-state index contributed by atoms with van der Waals surface area (Å²) in [6.07, 6.45) is 4.53. The van der Waals surface area contributed by atoms with Crippen molar-refractivity contribution >= 4 is 10.9 Å². The number of nitriles is 1. The molecular formula is C18H23N3O. The van der Waals surface area contributed by atoms with Crippen molar-refractivity contribution in [3.05, 3.63) is 30.0 Å². The fourth-order valence-electron chi connectivity index (χ4n) is 3.55. The Hall–Kier alpha value is -1.99. The number of benzene rings is 1. The molecule has 1 fully saturated rings. The zero-order chi connectivity index (χ0) is 15.7. The van der Waals surface area contributed by atoms with Gasteiger partial charge in [0, 0.05) is 36.3 Å². The summed E-state index contributed by atoms with van der Waals surface area (Å²) in [6, 6.07) is 8.41. The number of aromatic nitrogens is 1. The molecule has 1 aliphatic rings. The van der Waals surface area contributed by atoms with E-state index in [1.165, 1.54) is 12.8 Å². The van der Waals surface area contributed by atoms with Gasteiger partial charge in [0.15, 0.2) is 0 Å². The number of aryl methyl sites for hydroxylation is 1. The molecule has 4 heteroatoms. The quantitative estimate of drug-likeness (QED) is 0.871. The summed E-state index contributed by atoms with van der Waals surface area (Å²) in [5, 5.41) is 10.9. The highest BCUT2D eigenvalue weighted by Gasteiger charge is 2.27. The van der Waals surface area contributed by atoms with Gasteiger partial charge in [0.2, 0.25) is 0 Å². The number of hydrogen-bond donors (Lipinski definition) is 0. The number of rotatable bonds is 3. The lowest BCUT2D eigenvalue weighted by molar-refractivity contribution is 0.157. The lowest BCUT2D eigenvalue weighted by atomic mass is 9.96. The van der Waals surface area contributed by atoms with Crippen LogP contribution in [0.15, 0.2) is 24.4 Å². The number of piperidine rings is 1. The third-order valence-electron chi connectivity index (χ3n) is 4.70. The fourth-order valence-corrected chi connectivity index (χ4v) is 3.55. The molecule has 2 atom stereocenters. The molecule has 4 nitrogen and oxygen atoms in total. The Kier molecular flexibility index (Phi) is 4.08. The molecule has 116 valence electrons. The lowest BCUT2D eigenvalue weighted by Gasteiger charge is -2.33. The van der Waals surface area contributed by atoms with Crippen LogP contribution < -0.4 is 4.74 Å². The molecule has 3 rings (SSSR count). The maximum Gasteiger partial charge on any atom is 0.125 e. The van der Waals surface area contributed by atoms with Gasteiger partial charge < -0.3 is 9.30 Å². The van der Waals surface area contributed by atoms with E-state index in [1.807, 2.05) is 19.2 Å². The minimum Gasteiger partial charge on any atom is -0.497 e. The van der Waals surface area contributed by atoms with Crippen LogP contribution in [0, 0.1) is 17.2 Å². The number of methoxy groups -OCH3 is 1. The Bertz CT molecular complexity index is 713. The van der Waals surface area contributed by atoms with Gasteiger partial charge in [0.05, 0.1) is 13.2 Å². The van der Waals surface area contributed by atoms with Crippen LogP contribution in [0.2, 0.25) is 0 Å². The SMILES string of the molecule is COc1ccc2c(c1)c(C(C#N)N1CCCC(C)C1)cn2C. The summed E-state index contributed by atoms with van der Waals surface area (Å²) in [4.78, 5) is 2.32. The maximum absolute atomic E-state index is 9.78. The van der Waals surface area contributed by atoms with Crippen molar-refractivity contribution in [2.45, 2.75) is 25.8 Å². The molecule has 1 aliphatic heterocycles. The van der Waals surface area contributed by atoms with E-state index >= 15 is 0 Å². The molecule has 1 aromatic heterocycles. The molecule has 0 saturated carbocycles. The highest BCUT2D eigenvalue weighted by molar-refractivity contribution is 5.86. The van der Waals surface area contributed by atoms with Gasteiger partial charge in [-0.1, -0.05) is 6.92 Å². The second-order valence-electron chi connectivity index (χ2n) is 6.35. The smallest absolute Gasteiger partial charge is 0.125 e. The summed E-state index contributed by atoms with van der Waals surface area (Å²) in [6.45, 7) is 4.27. The topological polar surface area (TPSA) is 41.2 Å². The zero-order valence-corrected chi connectivity index (χ0v) is 13.5. The Morgan fingerprint density at radius 2 is 2.23 bits per heavy atom. The maximum atomic E-state index is 9.78. The van der Waals surface area contributed by atoms with Crippen molar-refractivity contribution in [3.8, 4) is 11.8 Å². The van der Waals surface area contributed by atoms with Gasteiger partial charge >= 0.3 is 0 Å². The van der Waals surface area contributed by atoms with E-state index in [2.05, 4.69) is 34.7 Å². The molecule has 1 saturated heterocycles. The molecule has 2 heterocycles. The van der Waals surface area contributed by atoms with Gasteiger partial charge in [-0.05, 0) is 43.5 Å². The molecule has 1 aromatic carbocycles. The Labute approximate surface area is 131 Å². The van der Waals surface area contributed by atoms with E-state index in [0.717, 1.165) is 35.3 Å². The standard InChI is InChI=1S/C18H23N3O/c1-13-5-4-8-21(11-13)18(10-19)16-12-20(2)17-7-6-14(22-3)9-15(16)17/h6-7,9,12-13,18H,4-5,8,11H2,1-3H3. The Balaban J connectivity index is 2.05. The van der Waals surface area contributed by atoms with Gasteiger partial charge in [-0.2, -0.15) is 5.26 Å². The minimum absolute atomic E-state index is 0.182. The van der Waals surface area contributed by atoms with Gasteiger partial charge in [-0.25, -0.2) is 0 Å². The van der Waals surface area contributed by atoms with Gasteiger partial charge in [0.1, 0.15) is 11.8 Å². The number of hydrogen-bond acceptors (Lipinski definition) is 3. The Morgan fingerprint density at radius 1 is 1.41 bits per heavy atom. The molecule has 0 bridgehead atoms. The van der Waals surface area contributed by atoms with Crippen LogP contribution in [0.5, 0.6) is 5.75 Å². The molecule has 0 radical (unpaired) electrons. The van der Waals surface area contributed by atoms with Crippen molar-refractivity contribution in [1.29, 1.82) is 5.26 Å². The van der Waals surface area contributed by atoms with Crippen LogP contribution in [0.1, 0.15) is 31.4 Å². The highest BCUT2D eigenvalue weighted by atomic mass is 16.5. The molecule has 0 aliphatic carbocycles. The van der Waals surface area contributed by atoms with Gasteiger partial charge in [-0.3, -0.25) is 4.90 Å². The van der Waals surface area contributed by atoms with E-state index in [-0.39, 0.29) is 6.04 Å². The fraction of sp³-hybridized carbons (Fsp3) is 0.500. The molecular weight excluding hydrogens is 274 g/mol. The van der Waals surface area contributed by atoms with Crippen LogP contribution in [0.4, 0.5) is 0 Å². The van der Waals surface area contributed by atoms with Crippen LogP contribution in [0.3, 0.4) is 0 Å². The monoisotopic (exact) mass is 297 g/mol. The first-order valence-corrected chi connectivity index (χ1v) is 7.90. The molecule has 22 heavy (non-hydrogen) atoms. The summed E-state index contributed by atoms with van der Waals surface area (Å²) in [5.74, 6) is 1.50. The number of likely N-dealkylation sites (tertiary alicyclic amines) is 1. The highest BCUT2D eigenvalue weighted by Crippen LogP contribution is 2.33. The van der Waals surface area contributed by atoms with E-state index < -0.39 is 0 Å². The minimum atomic E-state index is -0.182. The van der Waals surface area contributed by atoms with Crippen LogP contribution in [-0.2, 0) is 7.05 Å². The first-order valence-electron chi connectivity index (χ1n) is 7.90. The third-order valence-corrected chi connectivity index (χ3v) is 4.70. The van der Waals surface area contributed by atoms with Crippen molar-refractivity contribution in [2.24, 2.45) is 13.0 Å². The average Bonchev–Trinajstić information content (AvgIpc) is 2.85. The largest absolute Gasteiger partial charge is 0.497 e. The van der Waals surface area contributed by atoms with Crippen molar-refractivity contribution in [1.82, 2.24) is 9.47 Å². The van der Waals surface area contributed by atoms with Crippen molar-refractivity contribution in [2.75, 3.05) is 20.2 Å². The predicted molar refractivity (Wildman–Crippen MR) is 87.8 cm³/mol. The predicted octanol–water partition coefficient (Wildman–Crippen LogP) is 3.48. The molecule has 2 aromatic rings. The average molecular weight is 297 g/mol. The molecule has 2 unspecified atom stereocenters. The number of ether oxygens (including phenoxy) is 1.